The van der Waals surface area contributed by atoms with Gasteiger partial charge in [0.1, 0.15) is 5.00 Å². The lowest BCUT2D eigenvalue weighted by atomic mass is 10.0. The van der Waals surface area contributed by atoms with Crippen LogP contribution in [0.4, 0.5) is 4.79 Å². The number of amides is 2. The van der Waals surface area contributed by atoms with Gasteiger partial charge in [0, 0.05) is 55.0 Å². The van der Waals surface area contributed by atoms with E-state index in [4.69, 9.17) is 16.3 Å². The number of ether oxygens (including phenoxy) is 1. The van der Waals surface area contributed by atoms with Gasteiger partial charge in [0.05, 0.1) is 18.3 Å². The summed E-state index contributed by atoms with van der Waals surface area (Å²) >= 11 is 8.06. The maximum absolute atomic E-state index is 13.6. The molecule has 1 N–H and O–H groups in total. The fourth-order valence-corrected chi connectivity index (χ4v) is 6.43. The second-order valence-corrected chi connectivity index (χ2v) is 10.3. The molecular weight excluding hydrogens is 456 g/mol. The largest absolute Gasteiger partial charge is 0.385 e. The van der Waals surface area contributed by atoms with Crippen molar-refractivity contribution in [1.82, 2.24) is 19.7 Å². The molecule has 0 spiro atoms. The van der Waals surface area contributed by atoms with Gasteiger partial charge >= 0.3 is 6.03 Å². The van der Waals surface area contributed by atoms with E-state index < -0.39 is 0 Å². The normalized spacial score (nSPS) is 17.8. The molecule has 33 heavy (non-hydrogen) atoms. The third-order valence-corrected chi connectivity index (χ3v) is 8.01. The van der Waals surface area contributed by atoms with E-state index in [1.165, 1.54) is 21.0 Å². The van der Waals surface area contributed by atoms with E-state index in [0.29, 0.717) is 24.7 Å². The molecule has 2 aromatic heterocycles. The number of carbonyl (C=O) groups excluding carboxylic acids is 1. The number of halogens is 1. The molecule has 174 valence electrons. The van der Waals surface area contributed by atoms with Crippen molar-refractivity contribution in [2.45, 2.75) is 32.0 Å². The number of likely N-dealkylation sites (N-methyl/N-ethyl adjacent to an activating group) is 1. The lowest BCUT2D eigenvalue weighted by Gasteiger charge is -2.32. The van der Waals surface area contributed by atoms with Gasteiger partial charge in [0.25, 0.3) is 0 Å². The Morgan fingerprint density at radius 2 is 2.03 bits per heavy atom. The lowest BCUT2D eigenvalue weighted by Crippen LogP contribution is -2.42. The van der Waals surface area contributed by atoms with Gasteiger partial charge in [0.15, 0.2) is 0 Å². The van der Waals surface area contributed by atoms with E-state index in [9.17, 15) is 4.79 Å². The average molecular weight is 485 g/mol. The van der Waals surface area contributed by atoms with Gasteiger partial charge in [-0.05, 0) is 55.3 Å². The molecule has 4 heterocycles. The molecule has 0 radical (unpaired) electrons. The zero-order valence-electron chi connectivity index (χ0n) is 19.0. The molecule has 2 aliphatic heterocycles. The van der Waals surface area contributed by atoms with Gasteiger partial charge in [-0.3, -0.25) is 0 Å². The second kappa shape index (κ2) is 9.50. The summed E-state index contributed by atoms with van der Waals surface area (Å²) in [5.74, 6) is 0. The van der Waals surface area contributed by atoms with Gasteiger partial charge in [-0.15, -0.1) is 11.3 Å². The van der Waals surface area contributed by atoms with Crippen molar-refractivity contribution in [2.24, 2.45) is 0 Å². The number of rotatable bonds is 5. The van der Waals surface area contributed by atoms with Gasteiger partial charge in [-0.2, -0.15) is 0 Å². The van der Waals surface area contributed by atoms with Crippen LogP contribution in [0.3, 0.4) is 0 Å². The summed E-state index contributed by atoms with van der Waals surface area (Å²) in [5, 5.41) is 5.06. The van der Waals surface area contributed by atoms with Crippen LogP contribution in [0.1, 0.15) is 39.7 Å². The van der Waals surface area contributed by atoms with Crippen LogP contribution in [0.25, 0.3) is 5.00 Å². The number of hydrogen-bond donors (Lipinski definition) is 1. The minimum absolute atomic E-state index is 0.0560. The van der Waals surface area contributed by atoms with E-state index in [-0.39, 0.29) is 12.1 Å². The summed E-state index contributed by atoms with van der Waals surface area (Å²) in [4.78, 5) is 19.3. The molecule has 5 rings (SSSR count). The number of nitrogens with zero attached hydrogens (tertiary/aromatic N) is 3. The topological polar surface area (TPSA) is 49.7 Å². The Morgan fingerprint density at radius 3 is 2.82 bits per heavy atom. The number of nitrogens with one attached hydrogen (secondary N) is 1. The molecule has 0 fully saturated rings. The molecule has 3 aromatic rings. The number of hydrogen-bond acceptors (Lipinski definition) is 4. The molecular formula is C25H29ClN4O2S. The number of thiophene rings is 1. The molecule has 8 heteroatoms. The van der Waals surface area contributed by atoms with Gasteiger partial charge in [-0.1, -0.05) is 23.7 Å². The Labute approximate surface area is 203 Å². The van der Waals surface area contributed by atoms with Crippen LogP contribution >= 0.6 is 22.9 Å². The third-order valence-electron chi connectivity index (χ3n) is 6.50. The molecule has 0 unspecified atom stereocenters. The first-order chi connectivity index (χ1) is 16.1. The summed E-state index contributed by atoms with van der Waals surface area (Å²) < 4.78 is 7.44. The molecule has 0 bridgehead atoms. The van der Waals surface area contributed by atoms with Crippen LogP contribution < -0.4 is 5.32 Å². The van der Waals surface area contributed by atoms with Crippen molar-refractivity contribution in [1.29, 1.82) is 0 Å². The first kappa shape index (κ1) is 22.5. The minimum atomic E-state index is -0.207. The predicted octanol–water partition coefficient (Wildman–Crippen LogP) is 4.83. The summed E-state index contributed by atoms with van der Waals surface area (Å²) in [5.41, 5.74) is 4.84. The van der Waals surface area contributed by atoms with Crippen LogP contribution in [0, 0.1) is 0 Å². The van der Waals surface area contributed by atoms with Crippen molar-refractivity contribution in [3.8, 4) is 5.00 Å². The van der Waals surface area contributed by atoms with Crippen molar-refractivity contribution < 1.29 is 9.53 Å². The van der Waals surface area contributed by atoms with E-state index >= 15 is 0 Å². The summed E-state index contributed by atoms with van der Waals surface area (Å²) in [7, 11) is 3.85. The molecule has 0 saturated heterocycles. The molecule has 1 aromatic carbocycles. The van der Waals surface area contributed by atoms with Crippen LogP contribution in [0.15, 0.2) is 42.6 Å². The average Bonchev–Trinajstić information content (AvgIpc) is 3.39. The van der Waals surface area contributed by atoms with Crippen molar-refractivity contribution in [3.63, 3.8) is 0 Å². The Bertz CT molecular complexity index is 1140. The van der Waals surface area contributed by atoms with Gasteiger partial charge in [-0.25, -0.2) is 4.79 Å². The number of urea groups is 1. The van der Waals surface area contributed by atoms with E-state index in [2.05, 4.69) is 40.2 Å². The highest BCUT2D eigenvalue weighted by atomic mass is 35.5. The Kier molecular flexibility index (Phi) is 6.47. The summed E-state index contributed by atoms with van der Waals surface area (Å²) in [6.45, 7) is 3.79. The van der Waals surface area contributed by atoms with E-state index in [1.54, 1.807) is 7.11 Å². The zero-order valence-corrected chi connectivity index (χ0v) is 20.6. The predicted molar refractivity (Wildman–Crippen MR) is 132 cm³/mol. The highest BCUT2D eigenvalue weighted by Crippen LogP contribution is 2.43. The Morgan fingerprint density at radius 1 is 1.21 bits per heavy atom. The maximum atomic E-state index is 13.6. The van der Waals surface area contributed by atoms with Crippen LogP contribution in [-0.4, -0.2) is 54.3 Å². The summed E-state index contributed by atoms with van der Waals surface area (Å²) in [6.07, 6.45) is 3.93. The van der Waals surface area contributed by atoms with Crippen LogP contribution in [0.5, 0.6) is 0 Å². The Balaban J connectivity index is 1.59. The quantitative estimate of drug-likeness (QED) is 0.527. The molecule has 0 aliphatic carbocycles. The van der Waals surface area contributed by atoms with E-state index in [1.807, 2.05) is 40.5 Å². The molecule has 2 aliphatic rings. The lowest BCUT2D eigenvalue weighted by molar-refractivity contribution is 0.174. The van der Waals surface area contributed by atoms with E-state index in [0.717, 1.165) is 37.2 Å². The minimum Gasteiger partial charge on any atom is -0.385 e. The SMILES string of the molecule is COCCCNC(=O)N1Cc2c(sc3c2CCN(C)C3)-n2cccc2[C@H]1c1ccc(Cl)cc1. The van der Waals surface area contributed by atoms with Gasteiger partial charge < -0.3 is 24.4 Å². The maximum Gasteiger partial charge on any atom is 0.318 e. The van der Waals surface area contributed by atoms with Crippen molar-refractivity contribution >= 4 is 29.0 Å². The fraction of sp³-hybridized carbons (Fsp3) is 0.400. The Hall–Kier alpha value is -2.32. The second-order valence-electron chi connectivity index (χ2n) is 8.74. The molecule has 2 amide bonds. The van der Waals surface area contributed by atoms with Crippen molar-refractivity contribution in [2.75, 3.05) is 33.9 Å². The summed E-state index contributed by atoms with van der Waals surface area (Å²) in [6, 6.07) is 11.8. The first-order valence-electron chi connectivity index (χ1n) is 11.3. The smallest absolute Gasteiger partial charge is 0.318 e. The highest BCUT2D eigenvalue weighted by molar-refractivity contribution is 7.15. The van der Waals surface area contributed by atoms with Gasteiger partial charge in [0.2, 0.25) is 0 Å². The van der Waals surface area contributed by atoms with Crippen LogP contribution in [-0.2, 0) is 24.2 Å². The van der Waals surface area contributed by atoms with Crippen LogP contribution in [0.2, 0.25) is 5.02 Å². The molecule has 6 nitrogen and oxygen atoms in total. The monoisotopic (exact) mass is 484 g/mol. The number of aromatic nitrogens is 1. The van der Waals surface area contributed by atoms with Crippen molar-refractivity contribution in [3.05, 3.63) is 74.9 Å². The number of fused-ring (bicyclic) bond motifs is 5. The first-order valence-corrected chi connectivity index (χ1v) is 12.5. The highest BCUT2D eigenvalue weighted by Gasteiger charge is 2.36. The third kappa shape index (κ3) is 4.30. The molecule has 0 saturated carbocycles. The fourth-order valence-electron chi connectivity index (χ4n) is 4.86. The standard InChI is InChI=1S/C25H29ClN4O2S/c1-28-13-10-19-20-15-30(25(31)27-11-4-14-32-2)23(17-6-8-18(26)9-7-17)21-5-3-12-29(21)24(20)33-22(19)16-28/h3,5-9,12,23H,4,10-11,13-16H2,1-2H3,(H,27,31)/t23-/m1/s1. The zero-order chi connectivity index (χ0) is 22.9. The number of carbonyl (C=O) groups is 1. The number of methoxy groups -OCH3 is 1. The molecule has 1 atom stereocenters. The number of benzene rings is 1.